The van der Waals surface area contributed by atoms with E-state index in [-0.39, 0.29) is 28.2 Å². The monoisotopic (exact) mass is 587 g/mol. The zero-order valence-corrected chi connectivity index (χ0v) is 24.0. The zero-order chi connectivity index (χ0) is 30.2. The number of halogens is 1. The highest BCUT2D eigenvalue weighted by Crippen LogP contribution is 2.31. The van der Waals surface area contributed by atoms with Gasteiger partial charge in [-0.15, -0.1) is 0 Å². The average Bonchev–Trinajstić information content (AvgIpc) is 2.94. The van der Waals surface area contributed by atoms with E-state index in [2.05, 4.69) is 15.0 Å². The van der Waals surface area contributed by atoms with Gasteiger partial charge in [-0.25, -0.2) is 17.8 Å². The number of ether oxygens (including phenoxy) is 2. The first-order chi connectivity index (χ1) is 20.0. The van der Waals surface area contributed by atoms with E-state index in [1.807, 2.05) is 0 Å². The summed E-state index contributed by atoms with van der Waals surface area (Å²) in [4.78, 5) is 38.6. The number of nitrogens with one attached hydrogen (secondary N) is 1. The first-order valence-corrected chi connectivity index (χ1v) is 14.7. The summed E-state index contributed by atoms with van der Waals surface area (Å²) in [6.45, 7) is 3.33. The molecular formula is C31H26FN3O6S. The molecule has 0 saturated heterocycles. The molecule has 214 valence electrons. The van der Waals surface area contributed by atoms with Crippen molar-refractivity contribution < 1.29 is 27.1 Å². The third kappa shape index (κ3) is 5.64. The second-order valence-corrected chi connectivity index (χ2v) is 11.8. The fourth-order valence-electron chi connectivity index (χ4n) is 4.73. The van der Waals surface area contributed by atoms with E-state index < -0.39 is 26.9 Å². The average molecular weight is 588 g/mol. The number of hydrogen-bond acceptors (Lipinski definition) is 8. The van der Waals surface area contributed by atoms with Crippen LogP contribution in [0.1, 0.15) is 27.3 Å². The first kappa shape index (κ1) is 28.6. The van der Waals surface area contributed by atoms with Crippen molar-refractivity contribution >= 4 is 26.7 Å². The Balaban J connectivity index is 1.41. The second-order valence-electron chi connectivity index (χ2n) is 9.77. The van der Waals surface area contributed by atoms with Crippen molar-refractivity contribution in [2.24, 2.45) is 0 Å². The van der Waals surface area contributed by atoms with E-state index in [9.17, 15) is 18.0 Å². The lowest BCUT2D eigenvalue weighted by atomic mass is 9.95. The lowest BCUT2D eigenvalue weighted by molar-refractivity contribution is 0.0991. The summed E-state index contributed by atoms with van der Waals surface area (Å²) in [6, 6.07) is 13.3. The molecule has 11 heteroatoms. The predicted molar refractivity (Wildman–Crippen MR) is 156 cm³/mol. The maximum absolute atomic E-state index is 15.1. The molecule has 5 rings (SSSR count). The summed E-state index contributed by atoms with van der Waals surface area (Å²) in [5, 5.41) is 0. The Kier molecular flexibility index (Phi) is 7.61. The first-order valence-electron chi connectivity index (χ1n) is 12.8. The number of ketones is 1. The van der Waals surface area contributed by atoms with Crippen LogP contribution in [-0.4, -0.2) is 42.5 Å². The van der Waals surface area contributed by atoms with Crippen LogP contribution in [0.15, 0.2) is 76.7 Å². The van der Waals surface area contributed by atoms with Crippen LogP contribution in [0.3, 0.4) is 0 Å². The van der Waals surface area contributed by atoms with Crippen molar-refractivity contribution in [1.29, 1.82) is 0 Å². The van der Waals surface area contributed by atoms with E-state index in [0.717, 1.165) is 6.26 Å². The van der Waals surface area contributed by atoms with Gasteiger partial charge in [0, 0.05) is 48.0 Å². The number of Topliss-reactive ketones (excluding diaryl/α,β-unsaturated/α-hetero) is 1. The highest BCUT2D eigenvalue weighted by molar-refractivity contribution is 7.90. The number of aromatic nitrogens is 3. The molecule has 0 bridgehead atoms. The number of methoxy groups -OCH3 is 1. The number of pyridine rings is 3. The number of nitrogens with zero attached hydrogens (tertiary/aromatic N) is 2. The Morgan fingerprint density at radius 1 is 0.976 bits per heavy atom. The highest BCUT2D eigenvalue weighted by atomic mass is 32.2. The smallest absolute Gasteiger partial charge is 0.200 e. The van der Waals surface area contributed by atoms with E-state index in [1.54, 1.807) is 32.0 Å². The number of hydrogen-bond donors (Lipinski definition) is 1. The van der Waals surface area contributed by atoms with Gasteiger partial charge in [0.15, 0.2) is 32.9 Å². The summed E-state index contributed by atoms with van der Waals surface area (Å²) in [7, 11) is -1.90. The molecular weight excluding hydrogens is 561 g/mol. The van der Waals surface area contributed by atoms with Gasteiger partial charge in [-0.05, 0) is 49.2 Å². The molecule has 0 aliphatic heterocycles. The second kappa shape index (κ2) is 11.2. The maximum Gasteiger partial charge on any atom is 0.200 e. The molecule has 5 aromatic rings. The molecule has 9 nitrogen and oxygen atoms in total. The van der Waals surface area contributed by atoms with Crippen molar-refractivity contribution in [2.45, 2.75) is 25.2 Å². The highest BCUT2D eigenvalue weighted by Gasteiger charge is 2.21. The van der Waals surface area contributed by atoms with E-state index in [1.165, 1.54) is 55.9 Å². The fourth-order valence-corrected chi connectivity index (χ4v) is 5.36. The number of benzene rings is 2. The third-order valence-corrected chi connectivity index (χ3v) is 7.89. The maximum atomic E-state index is 15.1. The van der Waals surface area contributed by atoms with Gasteiger partial charge in [-0.2, -0.15) is 0 Å². The van der Waals surface area contributed by atoms with Crippen molar-refractivity contribution in [2.75, 3.05) is 13.4 Å². The largest absolute Gasteiger partial charge is 0.495 e. The van der Waals surface area contributed by atoms with Crippen LogP contribution >= 0.6 is 0 Å². The zero-order valence-electron chi connectivity index (χ0n) is 23.2. The molecule has 42 heavy (non-hydrogen) atoms. The lowest BCUT2D eigenvalue weighted by Crippen LogP contribution is -2.22. The molecule has 0 amide bonds. The Bertz CT molecular complexity index is 2020. The van der Waals surface area contributed by atoms with Gasteiger partial charge in [0.2, 0.25) is 5.43 Å². The van der Waals surface area contributed by atoms with Gasteiger partial charge >= 0.3 is 0 Å². The number of rotatable bonds is 8. The third-order valence-electron chi connectivity index (χ3n) is 6.76. The van der Waals surface area contributed by atoms with Gasteiger partial charge in [0.1, 0.15) is 11.3 Å². The molecule has 3 aromatic heterocycles. The topological polar surface area (TPSA) is 128 Å². The molecule has 2 aromatic carbocycles. The summed E-state index contributed by atoms with van der Waals surface area (Å²) in [6.07, 6.45) is 3.89. The molecule has 0 fully saturated rings. The van der Waals surface area contributed by atoms with Crippen molar-refractivity contribution in [3.63, 3.8) is 0 Å². The molecule has 0 radical (unpaired) electrons. The quantitative estimate of drug-likeness (QED) is 0.240. The van der Waals surface area contributed by atoms with E-state index in [0.29, 0.717) is 45.0 Å². The van der Waals surface area contributed by atoms with E-state index >= 15 is 4.39 Å². The number of carbonyl (C=O) groups excluding carboxylic acids is 1. The Morgan fingerprint density at radius 2 is 1.71 bits per heavy atom. The van der Waals surface area contributed by atoms with Crippen molar-refractivity contribution in [3.8, 4) is 28.4 Å². The summed E-state index contributed by atoms with van der Waals surface area (Å²) in [5.41, 5.74) is 2.40. The molecule has 0 saturated carbocycles. The molecule has 0 aliphatic carbocycles. The number of fused-ring (bicyclic) bond motifs is 1. The molecule has 3 heterocycles. The molecule has 0 unspecified atom stereocenters. The Labute approximate surface area is 240 Å². The van der Waals surface area contributed by atoms with Crippen LogP contribution in [0, 0.1) is 19.7 Å². The SMILES string of the molecule is COc1cnc2c(Oc3ccc(CC(=O)c4c(C)[nH]c(C)c(-c5ccc(S(C)(=O)=O)cc5)c4=O)cc3F)ccnc2c1. The number of sulfone groups is 1. The number of aromatic amines is 1. The van der Waals surface area contributed by atoms with Crippen LogP contribution in [0.4, 0.5) is 4.39 Å². The van der Waals surface area contributed by atoms with E-state index in [4.69, 9.17) is 9.47 Å². The standard InChI is InChI=1S/C31H26FN3O6S/c1-17-28(20-6-8-22(9-7-20)42(4,38)39)31(37)29(18(2)35-17)25(36)14-19-5-10-26(23(32)13-19)41-27-11-12-33-24-15-21(40-3)16-34-30(24)27/h5-13,15-16H,14H2,1-4H3,(H,35,37). The summed E-state index contributed by atoms with van der Waals surface area (Å²) in [5.74, 6) is -0.439. The Morgan fingerprint density at radius 3 is 2.38 bits per heavy atom. The minimum atomic E-state index is -3.41. The predicted octanol–water partition coefficient (Wildman–Crippen LogP) is 5.37. The number of carbonyl (C=O) groups is 1. The normalized spacial score (nSPS) is 11.5. The van der Waals surface area contributed by atoms with Gasteiger partial charge in [0.05, 0.1) is 29.3 Å². The molecule has 0 aliphatic rings. The van der Waals surface area contributed by atoms with Crippen LogP contribution < -0.4 is 14.9 Å². The number of H-pyrrole nitrogens is 1. The van der Waals surface area contributed by atoms with Gasteiger partial charge in [0.25, 0.3) is 0 Å². The fraction of sp³-hybridized carbons (Fsp3) is 0.161. The van der Waals surface area contributed by atoms with Crippen LogP contribution in [0.5, 0.6) is 17.2 Å². The number of aryl methyl sites for hydroxylation is 2. The van der Waals surface area contributed by atoms with Gasteiger partial charge in [-0.3, -0.25) is 14.6 Å². The van der Waals surface area contributed by atoms with Crippen LogP contribution in [-0.2, 0) is 16.3 Å². The van der Waals surface area contributed by atoms with Crippen LogP contribution in [0.2, 0.25) is 0 Å². The minimum absolute atomic E-state index is 0.0479. The molecule has 0 atom stereocenters. The van der Waals surface area contributed by atoms with Crippen molar-refractivity contribution in [3.05, 3.63) is 106 Å². The summed E-state index contributed by atoms with van der Waals surface area (Å²) >= 11 is 0. The summed E-state index contributed by atoms with van der Waals surface area (Å²) < 4.78 is 49.7. The molecule has 1 N–H and O–H groups in total. The molecule has 0 spiro atoms. The van der Waals surface area contributed by atoms with Crippen molar-refractivity contribution in [1.82, 2.24) is 15.0 Å². The Hall–Kier alpha value is -4.90. The minimum Gasteiger partial charge on any atom is -0.495 e. The van der Waals surface area contributed by atoms with Gasteiger partial charge < -0.3 is 14.5 Å². The van der Waals surface area contributed by atoms with Crippen LogP contribution in [0.25, 0.3) is 22.2 Å². The lowest BCUT2D eigenvalue weighted by Gasteiger charge is -2.13. The van der Waals surface area contributed by atoms with Gasteiger partial charge in [-0.1, -0.05) is 18.2 Å².